The van der Waals surface area contributed by atoms with Gasteiger partial charge >= 0.3 is 0 Å². The van der Waals surface area contributed by atoms with Crippen LogP contribution in [0.4, 0.5) is 5.69 Å². The molecule has 1 aliphatic rings. The molecule has 2 rings (SSSR count). The molecule has 7 heteroatoms. The van der Waals surface area contributed by atoms with Crippen LogP contribution >= 0.6 is 15.9 Å². The molecule has 0 N–H and O–H groups in total. The zero-order valence-electron chi connectivity index (χ0n) is 12.0. The van der Waals surface area contributed by atoms with Crippen LogP contribution in [0.25, 0.3) is 0 Å². The van der Waals surface area contributed by atoms with Crippen molar-refractivity contribution >= 4 is 39.1 Å². The number of nitrogens with zero attached hydrogens (tertiary/aromatic N) is 3. The lowest BCUT2D eigenvalue weighted by atomic mass is 10.0. The lowest BCUT2D eigenvalue weighted by Gasteiger charge is -2.21. The van der Waals surface area contributed by atoms with Crippen molar-refractivity contribution in [1.82, 2.24) is 0 Å². The Kier molecular flexibility index (Phi) is 4.62. The third-order valence-electron chi connectivity index (χ3n) is 2.98. The fraction of sp³-hybridized carbons (Fsp3) is 0.357. The number of alkyl halides is 1. The van der Waals surface area contributed by atoms with Gasteiger partial charge in [-0.25, -0.2) is 0 Å². The van der Waals surface area contributed by atoms with Crippen LogP contribution in [0.15, 0.2) is 40.6 Å². The predicted molar refractivity (Wildman–Crippen MR) is 84.8 cm³/mol. The van der Waals surface area contributed by atoms with E-state index in [1.54, 1.807) is 19.1 Å². The highest BCUT2D eigenvalue weighted by Gasteiger charge is 2.54. The Hall–Kier alpha value is -1.89. The lowest BCUT2D eigenvalue weighted by molar-refractivity contribution is -0.117. The molecule has 1 heterocycles. The normalized spacial score (nSPS) is 22.3. The minimum atomic E-state index is -1.24. The Morgan fingerprint density at radius 2 is 2.10 bits per heavy atom. The molecule has 1 aromatic rings. The Bertz CT molecular complexity index is 588. The molecule has 21 heavy (non-hydrogen) atoms. The second-order valence-corrected chi connectivity index (χ2v) is 5.50. The fourth-order valence-electron chi connectivity index (χ4n) is 1.96. The van der Waals surface area contributed by atoms with Gasteiger partial charge in [0.05, 0.1) is 18.0 Å². The third-order valence-corrected chi connectivity index (χ3v) is 4.23. The number of para-hydroxylation sites is 1. The summed E-state index contributed by atoms with van der Waals surface area (Å²) >= 11 is 3.43. The van der Waals surface area contributed by atoms with Crippen molar-refractivity contribution in [2.24, 2.45) is 10.3 Å². The summed E-state index contributed by atoms with van der Waals surface area (Å²) in [5.41, 5.74) is 1.08. The van der Waals surface area contributed by atoms with E-state index in [0.29, 0.717) is 18.0 Å². The number of carbonyl (C=O) groups excluding carboxylic acids is 1. The van der Waals surface area contributed by atoms with E-state index in [0.717, 1.165) is 0 Å². The fourth-order valence-corrected chi connectivity index (χ4v) is 2.40. The van der Waals surface area contributed by atoms with E-state index in [1.165, 1.54) is 12.1 Å². The molecule has 0 radical (unpaired) electrons. The van der Waals surface area contributed by atoms with Gasteiger partial charge in [0, 0.05) is 0 Å². The highest BCUT2D eigenvalue weighted by molar-refractivity contribution is 9.11. The molecule has 1 atom stereocenters. The topological polar surface area (TPSA) is 63.5 Å². The smallest absolute Gasteiger partial charge is 0.279 e. The molecule has 1 amide bonds. The van der Waals surface area contributed by atoms with Crippen LogP contribution in [0, 0.1) is 0 Å². The quantitative estimate of drug-likeness (QED) is 0.474. The van der Waals surface area contributed by atoms with Crippen molar-refractivity contribution in [3.63, 3.8) is 0 Å². The van der Waals surface area contributed by atoms with Crippen LogP contribution in [0.3, 0.4) is 0 Å². The molecule has 1 aliphatic heterocycles. The minimum Gasteiger partial charge on any atom is -0.478 e. The molecule has 6 nitrogen and oxygen atoms in total. The molecular weight excluding hydrogens is 338 g/mol. The first-order valence-electron chi connectivity index (χ1n) is 6.44. The highest BCUT2D eigenvalue weighted by Crippen LogP contribution is 2.34. The summed E-state index contributed by atoms with van der Waals surface area (Å²) in [6.45, 7) is 3.90. The number of oxime groups is 1. The largest absolute Gasteiger partial charge is 0.478 e. The first-order chi connectivity index (χ1) is 10.1. The van der Waals surface area contributed by atoms with Gasteiger partial charge in [0.15, 0.2) is 0 Å². The predicted octanol–water partition coefficient (Wildman–Crippen LogP) is 2.54. The van der Waals surface area contributed by atoms with Crippen LogP contribution in [0.1, 0.15) is 13.8 Å². The Balaban J connectivity index is 2.46. The number of halogens is 1. The molecule has 0 aliphatic carbocycles. The van der Waals surface area contributed by atoms with Crippen molar-refractivity contribution in [2.75, 3.05) is 18.7 Å². The minimum absolute atomic E-state index is 0.247. The number of carbonyl (C=O) groups is 1. The van der Waals surface area contributed by atoms with Gasteiger partial charge in [-0.05, 0) is 26.0 Å². The summed E-state index contributed by atoms with van der Waals surface area (Å²) in [6, 6.07) is 9.14. The summed E-state index contributed by atoms with van der Waals surface area (Å²) in [6.07, 6.45) is 0. The molecule has 112 valence electrons. The van der Waals surface area contributed by atoms with Crippen molar-refractivity contribution in [3.8, 4) is 0 Å². The number of amides is 1. The zero-order valence-corrected chi connectivity index (χ0v) is 13.6. The molecule has 0 saturated carbocycles. The first kappa shape index (κ1) is 15.5. The van der Waals surface area contributed by atoms with Crippen LogP contribution in [-0.2, 0) is 14.4 Å². The third kappa shape index (κ3) is 2.65. The number of hydrogen-bond donors (Lipinski definition) is 0. The number of hydrogen-bond acceptors (Lipinski definition) is 5. The molecular formula is C14H16BrN3O3. The monoisotopic (exact) mass is 353 g/mol. The highest BCUT2D eigenvalue weighted by atomic mass is 79.9. The average molecular weight is 354 g/mol. The van der Waals surface area contributed by atoms with Gasteiger partial charge in [0.25, 0.3) is 5.91 Å². The zero-order chi connectivity index (χ0) is 15.5. The van der Waals surface area contributed by atoms with Crippen LogP contribution < -0.4 is 5.01 Å². The van der Waals surface area contributed by atoms with Gasteiger partial charge in [-0.2, -0.15) is 5.01 Å². The summed E-state index contributed by atoms with van der Waals surface area (Å²) in [7, 11) is 1.42. The second kappa shape index (κ2) is 6.26. The van der Waals surface area contributed by atoms with Crippen LogP contribution in [0.2, 0.25) is 0 Å². The molecule has 1 aromatic carbocycles. The first-order valence-corrected chi connectivity index (χ1v) is 7.23. The van der Waals surface area contributed by atoms with Gasteiger partial charge in [-0.15, -0.1) is 5.10 Å². The SMILES string of the molecule is CCOC1=NN(c2ccccc2)C(=O)C1(Br)/C(C)=N/OC. The summed E-state index contributed by atoms with van der Waals surface area (Å²) in [5, 5.41) is 9.43. The molecule has 1 unspecified atom stereocenters. The Labute approximate surface area is 131 Å². The van der Waals surface area contributed by atoms with E-state index in [9.17, 15) is 4.79 Å². The van der Waals surface area contributed by atoms with Gasteiger partial charge in [-0.3, -0.25) is 4.79 Å². The van der Waals surface area contributed by atoms with E-state index < -0.39 is 4.32 Å². The van der Waals surface area contributed by atoms with Gasteiger partial charge < -0.3 is 9.57 Å². The van der Waals surface area contributed by atoms with Crippen LogP contribution in [0.5, 0.6) is 0 Å². The maximum atomic E-state index is 12.8. The van der Waals surface area contributed by atoms with E-state index in [4.69, 9.17) is 9.57 Å². The van der Waals surface area contributed by atoms with Crippen molar-refractivity contribution in [2.45, 2.75) is 18.2 Å². The van der Waals surface area contributed by atoms with E-state index in [2.05, 4.69) is 26.2 Å². The van der Waals surface area contributed by atoms with Gasteiger partial charge in [0.2, 0.25) is 10.2 Å². The summed E-state index contributed by atoms with van der Waals surface area (Å²) in [5.74, 6) is -0.0485. The number of anilines is 1. The second-order valence-electron chi connectivity index (χ2n) is 4.31. The number of benzene rings is 1. The summed E-state index contributed by atoms with van der Waals surface area (Å²) < 4.78 is 4.27. The Morgan fingerprint density at radius 3 is 2.67 bits per heavy atom. The van der Waals surface area contributed by atoms with Crippen LogP contribution in [-0.4, -0.2) is 35.6 Å². The molecule has 0 fully saturated rings. The average Bonchev–Trinajstić information content (AvgIpc) is 2.75. The molecule has 0 bridgehead atoms. The van der Waals surface area contributed by atoms with E-state index >= 15 is 0 Å². The molecule has 0 aromatic heterocycles. The maximum absolute atomic E-state index is 12.8. The number of hydrazone groups is 1. The summed E-state index contributed by atoms with van der Waals surface area (Å²) in [4.78, 5) is 17.6. The van der Waals surface area contributed by atoms with Crippen molar-refractivity contribution in [3.05, 3.63) is 30.3 Å². The van der Waals surface area contributed by atoms with Crippen molar-refractivity contribution < 1.29 is 14.4 Å². The Morgan fingerprint density at radius 1 is 1.43 bits per heavy atom. The number of rotatable bonds is 4. The van der Waals surface area contributed by atoms with Gasteiger partial charge in [-0.1, -0.05) is 39.3 Å². The van der Waals surface area contributed by atoms with Crippen molar-refractivity contribution in [1.29, 1.82) is 0 Å². The maximum Gasteiger partial charge on any atom is 0.279 e. The lowest BCUT2D eigenvalue weighted by Crippen LogP contribution is -2.47. The molecule has 0 spiro atoms. The van der Waals surface area contributed by atoms with E-state index in [-0.39, 0.29) is 11.8 Å². The van der Waals surface area contributed by atoms with Gasteiger partial charge in [0.1, 0.15) is 7.11 Å². The molecule has 0 saturated heterocycles. The number of ether oxygens (including phenoxy) is 1. The van der Waals surface area contributed by atoms with E-state index in [1.807, 2.05) is 25.1 Å². The standard InChI is InChI=1S/C14H16BrN3O3/c1-4-21-12-14(15,10(2)17-20-3)13(19)18(16-12)11-8-6-5-7-9-11/h5-9H,4H2,1-3H3/b17-10+.